The summed E-state index contributed by atoms with van der Waals surface area (Å²) < 4.78 is 0. The van der Waals surface area contributed by atoms with Gasteiger partial charge in [0, 0.05) is 25.5 Å². The van der Waals surface area contributed by atoms with Gasteiger partial charge in [-0.2, -0.15) is 0 Å². The molecule has 1 aliphatic heterocycles. The molecule has 0 saturated heterocycles. The minimum Gasteiger partial charge on any atom is -0.333 e. The van der Waals surface area contributed by atoms with Crippen LogP contribution in [0.2, 0.25) is 0 Å². The fraction of sp³-hybridized carbons (Fsp3) is 0.636. The van der Waals surface area contributed by atoms with Crippen LogP contribution in [0.5, 0.6) is 0 Å². The van der Waals surface area contributed by atoms with E-state index in [-0.39, 0.29) is 0 Å². The molecule has 13 heavy (non-hydrogen) atoms. The van der Waals surface area contributed by atoms with E-state index in [1.807, 2.05) is 0 Å². The summed E-state index contributed by atoms with van der Waals surface area (Å²) in [5, 5.41) is 0. The minimum atomic E-state index is 1.12. The third-order valence-electron chi connectivity index (χ3n) is 3.08. The van der Waals surface area contributed by atoms with Gasteiger partial charge in [-0.3, -0.25) is 0 Å². The van der Waals surface area contributed by atoms with Gasteiger partial charge < -0.3 is 9.80 Å². The Morgan fingerprint density at radius 2 is 1.46 bits per heavy atom. The van der Waals surface area contributed by atoms with Gasteiger partial charge in [-0.15, -0.1) is 0 Å². The summed E-state index contributed by atoms with van der Waals surface area (Å²) in [5.41, 5.74) is 4.15. The molecule has 0 aliphatic carbocycles. The van der Waals surface area contributed by atoms with Crippen LogP contribution >= 0.6 is 0 Å². The van der Waals surface area contributed by atoms with Crippen LogP contribution < -0.4 is 0 Å². The van der Waals surface area contributed by atoms with Gasteiger partial charge in [-0.05, 0) is 32.8 Å². The van der Waals surface area contributed by atoms with Crippen LogP contribution in [0.1, 0.15) is 34.1 Å². The predicted octanol–water partition coefficient (Wildman–Crippen LogP) is 2.76. The summed E-state index contributed by atoms with van der Waals surface area (Å²) in [6.45, 7) is 8.74. The Balaban J connectivity index is 3.10. The highest BCUT2D eigenvalue weighted by molar-refractivity contribution is 5.28. The molecule has 0 radical (unpaired) electrons. The van der Waals surface area contributed by atoms with E-state index in [0.29, 0.717) is 0 Å². The highest BCUT2D eigenvalue weighted by atomic mass is 15.4. The van der Waals surface area contributed by atoms with E-state index in [0.717, 1.165) is 6.42 Å². The summed E-state index contributed by atoms with van der Waals surface area (Å²) in [5.74, 6) is 1.34. The maximum absolute atomic E-state index is 2.27. The summed E-state index contributed by atoms with van der Waals surface area (Å²) in [6.07, 6.45) is 1.12. The summed E-state index contributed by atoms with van der Waals surface area (Å²) in [7, 11) is 4.27. The van der Waals surface area contributed by atoms with Crippen LogP contribution in [0.3, 0.4) is 0 Å². The van der Waals surface area contributed by atoms with Crippen molar-refractivity contribution in [3.63, 3.8) is 0 Å². The molecule has 1 aliphatic rings. The Labute approximate surface area is 81.5 Å². The van der Waals surface area contributed by atoms with Crippen LogP contribution in [0.25, 0.3) is 0 Å². The van der Waals surface area contributed by atoms with Crippen LogP contribution in [-0.4, -0.2) is 23.9 Å². The highest BCUT2D eigenvalue weighted by Crippen LogP contribution is 2.31. The molecule has 1 heterocycles. The molecule has 2 nitrogen and oxygen atoms in total. The lowest BCUT2D eigenvalue weighted by molar-refractivity contribution is 0.412. The number of rotatable bonds is 1. The first-order valence-electron chi connectivity index (χ1n) is 4.85. The van der Waals surface area contributed by atoms with Gasteiger partial charge in [0.2, 0.25) is 0 Å². The lowest BCUT2D eigenvalue weighted by Crippen LogP contribution is -2.20. The molecule has 0 amide bonds. The van der Waals surface area contributed by atoms with Crippen molar-refractivity contribution >= 4 is 0 Å². The van der Waals surface area contributed by atoms with Crippen molar-refractivity contribution < 1.29 is 0 Å². The maximum atomic E-state index is 2.27. The zero-order chi connectivity index (χ0) is 10.2. The molecule has 0 atom stereocenters. The van der Waals surface area contributed by atoms with Crippen molar-refractivity contribution in [1.82, 2.24) is 9.80 Å². The summed E-state index contributed by atoms with van der Waals surface area (Å²) in [4.78, 5) is 4.54. The van der Waals surface area contributed by atoms with Crippen molar-refractivity contribution in [3.05, 3.63) is 22.8 Å². The Morgan fingerprint density at radius 3 is 1.77 bits per heavy atom. The topological polar surface area (TPSA) is 6.48 Å². The zero-order valence-corrected chi connectivity index (χ0v) is 9.60. The molecule has 74 valence electrons. The lowest BCUT2D eigenvalue weighted by Gasteiger charge is -2.23. The van der Waals surface area contributed by atoms with Gasteiger partial charge in [-0.25, -0.2) is 0 Å². The fourth-order valence-corrected chi connectivity index (χ4v) is 1.76. The van der Waals surface area contributed by atoms with Gasteiger partial charge in [0.1, 0.15) is 5.82 Å². The first-order chi connectivity index (χ1) is 6.00. The Kier molecular flexibility index (Phi) is 2.69. The third kappa shape index (κ3) is 1.45. The molecule has 2 heteroatoms. The van der Waals surface area contributed by atoms with Crippen LogP contribution in [0, 0.1) is 0 Å². The number of hydrogen-bond donors (Lipinski definition) is 0. The van der Waals surface area contributed by atoms with Crippen molar-refractivity contribution in [2.75, 3.05) is 14.1 Å². The largest absolute Gasteiger partial charge is 0.333 e. The Bertz CT molecular complexity index is 254. The number of allylic oxidation sites excluding steroid dienone is 3. The van der Waals surface area contributed by atoms with Crippen molar-refractivity contribution in [2.24, 2.45) is 0 Å². The van der Waals surface area contributed by atoms with E-state index in [1.54, 1.807) is 0 Å². The fourth-order valence-electron chi connectivity index (χ4n) is 1.76. The SMILES string of the molecule is CCC(C)=C1N(C)C(C)=C(C)N1C. The van der Waals surface area contributed by atoms with Gasteiger partial charge in [0.25, 0.3) is 0 Å². The lowest BCUT2D eigenvalue weighted by atomic mass is 10.2. The average molecular weight is 180 g/mol. The quantitative estimate of drug-likeness (QED) is 0.612. The summed E-state index contributed by atoms with van der Waals surface area (Å²) in [6, 6.07) is 0. The smallest absolute Gasteiger partial charge is 0.111 e. The van der Waals surface area contributed by atoms with Crippen LogP contribution in [-0.2, 0) is 0 Å². The van der Waals surface area contributed by atoms with E-state index in [2.05, 4.69) is 51.6 Å². The highest BCUT2D eigenvalue weighted by Gasteiger charge is 2.24. The second kappa shape index (κ2) is 3.44. The normalized spacial score (nSPS) is 17.5. The monoisotopic (exact) mass is 180 g/mol. The van der Waals surface area contributed by atoms with E-state index < -0.39 is 0 Å². The van der Waals surface area contributed by atoms with E-state index in [9.17, 15) is 0 Å². The van der Waals surface area contributed by atoms with Gasteiger partial charge in [0.15, 0.2) is 0 Å². The molecule has 0 N–H and O–H groups in total. The van der Waals surface area contributed by atoms with Gasteiger partial charge in [-0.1, -0.05) is 6.92 Å². The minimum absolute atomic E-state index is 1.12. The first-order valence-corrected chi connectivity index (χ1v) is 4.85. The first kappa shape index (κ1) is 10.2. The second-order valence-electron chi connectivity index (χ2n) is 3.75. The molecule has 0 saturated carbocycles. The predicted molar refractivity (Wildman–Crippen MR) is 56.9 cm³/mol. The third-order valence-corrected chi connectivity index (χ3v) is 3.08. The summed E-state index contributed by atoms with van der Waals surface area (Å²) >= 11 is 0. The Morgan fingerprint density at radius 1 is 1.08 bits per heavy atom. The molecule has 1 rings (SSSR count). The van der Waals surface area contributed by atoms with Crippen LogP contribution in [0.4, 0.5) is 0 Å². The molecule has 0 aromatic heterocycles. The van der Waals surface area contributed by atoms with Crippen molar-refractivity contribution in [3.8, 4) is 0 Å². The van der Waals surface area contributed by atoms with Gasteiger partial charge in [0.05, 0.1) is 0 Å². The standard InChI is InChI=1S/C11H20N2/c1-7-8(2)11-12(5)9(3)10(4)13(11)6/h7H2,1-6H3. The molecule has 0 fully saturated rings. The molecule has 0 aromatic carbocycles. The molecule has 0 bridgehead atoms. The van der Waals surface area contributed by atoms with Crippen LogP contribution in [0.15, 0.2) is 22.8 Å². The Hall–Kier alpha value is -0.920. The second-order valence-corrected chi connectivity index (χ2v) is 3.75. The number of hydrogen-bond acceptors (Lipinski definition) is 2. The van der Waals surface area contributed by atoms with E-state index >= 15 is 0 Å². The molecular formula is C11H20N2. The van der Waals surface area contributed by atoms with E-state index in [1.165, 1.54) is 22.8 Å². The van der Waals surface area contributed by atoms with Gasteiger partial charge >= 0.3 is 0 Å². The van der Waals surface area contributed by atoms with E-state index in [4.69, 9.17) is 0 Å². The molecular weight excluding hydrogens is 160 g/mol. The maximum Gasteiger partial charge on any atom is 0.111 e. The number of nitrogens with zero attached hydrogens (tertiary/aromatic N) is 2. The average Bonchev–Trinajstić information content (AvgIpc) is 2.30. The molecule has 0 unspecified atom stereocenters. The van der Waals surface area contributed by atoms with Crippen molar-refractivity contribution in [1.29, 1.82) is 0 Å². The van der Waals surface area contributed by atoms with Crippen molar-refractivity contribution in [2.45, 2.75) is 34.1 Å². The molecule has 0 aromatic rings. The zero-order valence-electron chi connectivity index (χ0n) is 9.60. The molecule has 0 spiro atoms.